The van der Waals surface area contributed by atoms with Crippen molar-refractivity contribution in [2.75, 3.05) is 0 Å². The third-order valence-corrected chi connectivity index (χ3v) is 5.00. The van der Waals surface area contributed by atoms with Gasteiger partial charge in [0.25, 0.3) is 5.56 Å². The molecule has 0 saturated carbocycles. The molecular weight excluding hydrogens is 336 g/mol. The molecule has 3 aromatic carbocycles. The van der Waals surface area contributed by atoms with Crippen LogP contribution >= 0.6 is 0 Å². The lowest BCUT2D eigenvalue weighted by Crippen LogP contribution is -2.21. The van der Waals surface area contributed by atoms with Crippen molar-refractivity contribution in [1.82, 2.24) is 9.55 Å². The SMILES string of the molecule is Cc1ccc2[nH]c3c4ccccc4c(=O)c=3c(=O)n(-c3ccccc3)c2c1. The van der Waals surface area contributed by atoms with Crippen molar-refractivity contribution >= 4 is 21.8 Å². The van der Waals surface area contributed by atoms with Crippen LogP contribution in [-0.2, 0) is 0 Å². The summed E-state index contributed by atoms with van der Waals surface area (Å²) in [6.45, 7) is 1.99. The highest BCUT2D eigenvalue weighted by atomic mass is 16.1. The fourth-order valence-electron chi connectivity index (χ4n) is 3.74. The number of fused-ring (bicyclic) bond motifs is 3. The van der Waals surface area contributed by atoms with Crippen LogP contribution in [0.25, 0.3) is 27.5 Å². The molecule has 27 heavy (non-hydrogen) atoms. The van der Waals surface area contributed by atoms with Gasteiger partial charge in [-0.05, 0) is 36.8 Å². The highest BCUT2D eigenvalue weighted by Crippen LogP contribution is 2.19. The summed E-state index contributed by atoms with van der Waals surface area (Å²) in [5.74, 6) is 0. The minimum absolute atomic E-state index is 0.189. The fraction of sp³-hybridized carbons (Fsp3) is 0.0435. The highest BCUT2D eigenvalue weighted by molar-refractivity contribution is 5.85. The minimum atomic E-state index is -0.311. The van der Waals surface area contributed by atoms with E-state index in [4.69, 9.17) is 0 Å². The van der Waals surface area contributed by atoms with Gasteiger partial charge in [0.15, 0.2) is 0 Å². The summed E-state index contributed by atoms with van der Waals surface area (Å²) in [5, 5.41) is 2.11. The predicted octanol–water partition coefficient (Wildman–Crippen LogP) is 3.87. The average molecular weight is 352 g/mol. The van der Waals surface area contributed by atoms with Gasteiger partial charge in [0.2, 0.25) is 5.43 Å². The van der Waals surface area contributed by atoms with Gasteiger partial charge in [-0.15, -0.1) is 0 Å². The zero-order chi connectivity index (χ0) is 18.5. The number of para-hydroxylation sites is 1. The summed E-state index contributed by atoms with van der Waals surface area (Å²) in [4.78, 5) is 30.0. The van der Waals surface area contributed by atoms with Crippen molar-refractivity contribution in [2.24, 2.45) is 0 Å². The number of benzene rings is 3. The number of aromatic nitrogens is 2. The van der Waals surface area contributed by atoms with Crippen molar-refractivity contribution < 1.29 is 0 Å². The first kappa shape index (κ1) is 15.6. The molecule has 0 saturated heterocycles. The molecule has 4 heteroatoms. The monoisotopic (exact) mass is 352 g/mol. The third-order valence-electron chi connectivity index (χ3n) is 5.00. The normalized spacial score (nSPS) is 11.4. The number of rotatable bonds is 1. The van der Waals surface area contributed by atoms with E-state index in [9.17, 15) is 9.59 Å². The van der Waals surface area contributed by atoms with E-state index in [0.717, 1.165) is 27.7 Å². The molecule has 1 aliphatic heterocycles. The number of hydrogen-bond acceptors (Lipinski definition) is 2. The molecule has 130 valence electrons. The Morgan fingerprint density at radius 3 is 2.30 bits per heavy atom. The average Bonchev–Trinajstić information content (AvgIpc) is 2.89. The Balaban J connectivity index is 2.18. The molecule has 0 atom stereocenters. The lowest BCUT2D eigenvalue weighted by atomic mass is 10.2. The van der Waals surface area contributed by atoms with Gasteiger partial charge in [0, 0.05) is 16.5 Å². The van der Waals surface area contributed by atoms with Gasteiger partial charge in [-0.25, -0.2) is 0 Å². The first-order chi connectivity index (χ1) is 13.1. The minimum Gasteiger partial charge on any atom is -0.353 e. The fourth-order valence-corrected chi connectivity index (χ4v) is 3.74. The van der Waals surface area contributed by atoms with Crippen molar-refractivity contribution in [3.8, 4) is 5.69 Å². The molecule has 1 aliphatic carbocycles. The van der Waals surface area contributed by atoms with Crippen molar-refractivity contribution in [1.29, 1.82) is 0 Å². The number of nitrogens with one attached hydrogen (secondary N) is 1. The Kier molecular flexibility index (Phi) is 3.28. The topological polar surface area (TPSA) is 54.9 Å². The maximum absolute atomic E-state index is 13.6. The Bertz CT molecular complexity index is 1510. The zero-order valence-electron chi connectivity index (χ0n) is 14.7. The van der Waals surface area contributed by atoms with Crippen LogP contribution in [0, 0.1) is 17.5 Å². The Labute approximate surface area is 154 Å². The first-order valence-electron chi connectivity index (χ1n) is 8.81. The van der Waals surface area contributed by atoms with Gasteiger partial charge < -0.3 is 4.98 Å². The van der Waals surface area contributed by atoms with Crippen LogP contribution in [0.2, 0.25) is 0 Å². The molecule has 0 fully saturated rings. The number of aromatic amines is 1. The predicted molar refractivity (Wildman–Crippen MR) is 108 cm³/mol. The quantitative estimate of drug-likeness (QED) is 0.498. The Hall–Kier alpha value is -3.66. The van der Waals surface area contributed by atoms with E-state index in [0.29, 0.717) is 10.7 Å². The number of hydrogen-bond donors (Lipinski definition) is 1. The van der Waals surface area contributed by atoms with Crippen LogP contribution in [0.1, 0.15) is 5.56 Å². The van der Waals surface area contributed by atoms with Gasteiger partial charge in [0.05, 0.1) is 16.4 Å². The number of H-pyrrole nitrogens is 1. The molecule has 0 radical (unpaired) electrons. The van der Waals surface area contributed by atoms with Crippen LogP contribution < -0.4 is 11.0 Å². The van der Waals surface area contributed by atoms with E-state index in [1.54, 1.807) is 10.6 Å². The third kappa shape index (κ3) is 2.23. The molecule has 0 amide bonds. The summed E-state index contributed by atoms with van der Waals surface area (Å²) in [6, 6.07) is 22.7. The summed E-state index contributed by atoms with van der Waals surface area (Å²) in [7, 11) is 0. The molecule has 5 rings (SSSR count). The molecule has 0 unspecified atom stereocenters. The molecular formula is C23H16N2O2. The Morgan fingerprint density at radius 1 is 0.815 bits per heavy atom. The lowest BCUT2D eigenvalue weighted by Gasteiger charge is -2.07. The van der Waals surface area contributed by atoms with E-state index in [2.05, 4.69) is 4.98 Å². The molecule has 0 aromatic heterocycles. The molecule has 1 heterocycles. The second kappa shape index (κ2) is 5.68. The van der Waals surface area contributed by atoms with Gasteiger partial charge in [-0.2, -0.15) is 0 Å². The number of aryl methyl sites for hydroxylation is 1. The highest BCUT2D eigenvalue weighted by Gasteiger charge is 2.14. The van der Waals surface area contributed by atoms with E-state index >= 15 is 0 Å². The van der Waals surface area contributed by atoms with Crippen LogP contribution in [0.15, 0.2) is 82.4 Å². The molecule has 4 nitrogen and oxygen atoms in total. The van der Waals surface area contributed by atoms with Crippen LogP contribution in [0.5, 0.6) is 0 Å². The van der Waals surface area contributed by atoms with Crippen LogP contribution in [0.3, 0.4) is 0 Å². The summed E-state index contributed by atoms with van der Waals surface area (Å²) in [5.41, 5.74) is 2.77. The first-order valence-corrected chi connectivity index (χ1v) is 8.81. The van der Waals surface area contributed by atoms with Gasteiger partial charge in [-0.1, -0.05) is 48.5 Å². The lowest BCUT2D eigenvalue weighted by molar-refractivity contribution is 1.03. The molecule has 0 spiro atoms. The molecule has 3 aromatic rings. The molecule has 1 N–H and O–H groups in total. The largest absolute Gasteiger partial charge is 0.353 e. The van der Waals surface area contributed by atoms with E-state index < -0.39 is 0 Å². The van der Waals surface area contributed by atoms with Crippen LogP contribution in [0.4, 0.5) is 0 Å². The van der Waals surface area contributed by atoms with Crippen molar-refractivity contribution in [2.45, 2.75) is 6.92 Å². The summed E-state index contributed by atoms with van der Waals surface area (Å²) < 4.78 is 1.63. The Morgan fingerprint density at radius 2 is 1.52 bits per heavy atom. The van der Waals surface area contributed by atoms with Crippen LogP contribution in [-0.4, -0.2) is 9.55 Å². The van der Waals surface area contributed by atoms with E-state index in [1.165, 1.54) is 0 Å². The molecule has 0 bridgehead atoms. The zero-order valence-corrected chi connectivity index (χ0v) is 14.7. The van der Waals surface area contributed by atoms with Gasteiger partial charge in [-0.3, -0.25) is 14.2 Å². The second-order valence-electron chi connectivity index (χ2n) is 6.75. The van der Waals surface area contributed by atoms with E-state index in [-0.39, 0.29) is 16.2 Å². The standard InChI is InChI=1S/C23H16N2O2/c1-14-11-12-18-19(13-14)25(15-7-3-2-4-8-15)23(27)20-21(24-18)16-9-5-6-10-17(16)22(20)26/h2-13,24H,1H3. The summed E-state index contributed by atoms with van der Waals surface area (Å²) >= 11 is 0. The maximum Gasteiger partial charge on any atom is 0.269 e. The second-order valence-corrected chi connectivity index (χ2v) is 6.75. The molecule has 2 aliphatic rings. The maximum atomic E-state index is 13.6. The summed E-state index contributed by atoms with van der Waals surface area (Å²) in [6.07, 6.45) is 0. The van der Waals surface area contributed by atoms with Crippen molar-refractivity contribution in [3.63, 3.8) is 0 Å². The van der Waals surface area contributed by atoms with E-state index in [1.807, 2.05) is 73.7 Å². The number of nitrogens with zero attached hydrogens (tertiary/aromatic N) is 1. The smallest absolute Gasteiger partial charge is 0.269 e. The van der Waals surface area contributed by atoms with Gasteiger partial charge in [0.1, 0.15) is 5.22 Å². The van der Waals surface area contributed by atoms with Crippen molar-refractivity contribution in [3.05, 3.63) is 110 Å². The van der Waals surface area contributed by atoms with Gasteiger partial charge >= 0.3 is 0 Å².